The quantitative estimate of drug-likeness (QED) is 0.597. The molecule has 28 heavy (non-hydrogen) atoms. The Kier molecular flexibility index (Phi) is 6.41. The Hall–Kier alpha value is -2.73. The van der Waals surface area contributed by atoms with Gasteiger partial charge in [-0.3, -0.25) is 4.90 Å². The first kappa shape index (κ1) is 20.0. The molecule has 0 unspecified atom stereocenters. The summed E-state index contributed by atoms with van der Waals surface area (Å²) in [5, 5.41) is 8.91. The van der Waals surface area contributed by atoms with Gasteiger partial charge in [-0.2, -0.15) is 4.98 Å². The molecule has 0 atom stereocenters. The molecule has 2 N–H and O–H groups in total. The Morgan fingerprint density at radius 2 is 1.71 bits per heavy atom. The van der Waals surface area contributed by atoms with E-state index in [-0.39, 0.29) is 0 Å². The van der Waals surface area contributed by atoms with Crippen molar-refractivity contribution in [2.24, 2.45) is 0 Å². The lowest BCUT2D eigenvalue weighted by molar-refractivity contribution is 0.182. The lowest BCUT2D eigenvalue weighted by Crippen LogP contribution is -2.40. The molecule has 0 saturated carbocycles. The summed E-state index contributed by atoms with van der Waals surface area (Å²) in [5.74, 6) is 2.16. The monoisotopic (exact) mass is 378 g/mol. The number of aryl methyl sites for hydroxylation is 1. The van der Waals surface area contributed by atoms with Crippen molar-refractivity contribution >= 4 is 28.4 Å². The molecule has 3 aromatic rings. The van der Waals surface area contributed by atoms with E-state index in [1.165, 1.54) is 0 Å². The molecule has 0 bridgehead atoms. The Bertz CT molecular complexity index is 909. The molecule has 0 radical (unpaired) electrons. The summed E-state index contributed by atoms with van der Waals surface area (Å²) in [6.45, 7) is 12.7. The van der Waals surface area contributed by atoms with E-state index in [1.807, 2.05) is 37.4 Å². The van der Waals surface area contributed by atoms with Crippen molar-refractivity contribution in [3.63, 3.8) is 0 Å². The van der Waals surface area contributed by atoms with Crippen LogP contribution in [0.15, 0.2) is 42.7 Å². The number of benzene rings is 1. The lowest BCUT2D eigenvalue weighted by atomic mass is 10.1. The van der Waals surface area contributed by atoms with Crippen LogP contribution < -0.4 is 10.6 Å². The normalized spacial score (nSPS) is 11.6. The average Bonchev–Trinajstić information content (AvgIpc) is 2.67. The molecule has 1 aromatic carbocycles. The van der Waals surface area contributed by atoms with Gasteiger partial charge in [0.15, 0.2) is 0 Å². The number of fused-ring (bicyclic) bond motifs is 1. The SMILES string of the molecule is Cc1cnc(Nc2nccc3ccccc23)nc1NCCN(C(C)C)C(C)C. The van der Waals surface area contributed by atoms with Crippen molar-refractivity contribution in [2.45, 2.75) is 46.7 Å². The first-order chi connectivity index (χ1) is 13.5. The third-order valence-electron chi connectivity index (χ3n) is 4.86. The van der Waals surface area contributed by atoms with Crippen LogP contribution in [0, 0.1) is 6.92 Å². The molecular formula is C22H30N6. The number of hydrogen-bond acceptors (Lipinski definition) is 6. The molecule has 0 saturated heterocycles. The van der Waals surface area contributed by atoms with E-state index in [4.69, 9.17) is 0 Å². The summed E-state index contributed by atoms with van der Waals surface area (Å²) in [6.07, 6.45) is 3.63. The largest absolute Gasteiger partial charge is 0.368 e. The van der Waals surface area contributed by atoms with E-state index in [1.54, 1.807) is 6.20 Å². The summed E-state index contributed by atoms with van der Waals surface area (Å²) in [5.41, 5.74) is 1.03. The number of aromatic nitrogens is 3. The molecule has 148 valence electrons. The average molecular weight is 379 g/mol. The molecule has 2 heterocycles. The summed E-state index contributed by atoms with van der Waals surface area (Å²) >= 11 is 0. The standard InChI is InChI=1S/C22H30N6/c1-15(2)28(16(3)4)13-12-24-20-17(5)14-25-22(26-20)27-21-19-9-7-6-8-18(19)10-11-23-21/h6-11,14-16H,12-13H2,1-5H3,(H2,23,24,25,26,27). The molecule has 0 amide bonds. The van der Waals surface area contributed by atoms with E-state index in [2.05, 4.69) is 64.2 Å². The lowest BCUT2D eigenvalue weighted by Gasteiger charge is -2.30. The fraction of sp³-hybridized carbons (Fsp3) is 0.409. The van der Waals surface area contributed by atoms with Crippen molar-refractivity contribution < 1.29 is 0 Å². The fourth-order valence-electron chi connectivity index (χ4n) is 3.42. The number of nitrogens with zero attached hydrogens (tertiary/aromatic N) is 4. The third kappa shape index (κ3) is 4.75. The highest BCUT2D eigenvalue weighted by Crippen LogP contribution is 2.23. The van der Waals surface area contributed by atoms with E-state index >= 15 is 0 Å². The van der Waals surface area contributed by atoms with Crippen LogP contribution in [-0.4, -0.2) is 45.0 Å². The Labute approximate surface area is 167 Å². The molecule has 0 fully saturated rings. The van der Waals surface area contributed by atoms with Crippen LogP contribution in [0.5, 0.6) is 0 Å². The minimum atomic E-state index is 0.517. The van der Waals surface area contributed by atoms with Gasteiger partial charge in [-0.25, -0.2) is 9.97 Å². The first-order valence-corrected chi connectivity index (χ1v) is 9.89. The van der Waals surface area contributed by atoms with Gasteiger partial charge in [0.25, 0.3) is 0 Å². The topological polar surface area (TPSA) is 66.0 Å². The molecule has 6 heteroatoms. The van der Waals surface area contributed by atoms with Gasteiger partial charge >= 0.3 is 0 Å². The highest BCUT2D eigenvalue weighted by atomic mass is 15.2. The van der Waals surface area contributed by atoms with Gasteiger partial charge in [0.05, 0.1) is 0 Å². The van der Waals surface area contributed by atoms with E-state index in [0.29, 0.717) is 18.0 Å². The zero-order valence-electron chi connectivity index (χ0n) is 17.4. The van der Waals surface area contributed by atoms with E-state index in [9.17, 15) is 0 Å². The second kappa shape index (κ2) is 8.97. The molecule has 0 aliphatic rings. The third-order valence-corrected chi connectivity index (χ3v) is 4.86. The van der Waals surface area contributed by atoms with Gasteiger partial charge in [0.1, 0.15) is 11.6 Å². The zero-order chi connectivity index (χ0) is 20.1. The second-order valence-corrected chi connectivity index (χ2v) is 7.58. The smallest absolute Gasteiger partial charge is 0.230 e. The van der Waals surface area contributed by atoms with Gasteiger partial charge in [0, 0.05) is 48.5 Å². The van der Waals surface area contributed by atoms with Gasteiger partial charge in [-0.15, -0.1) is 0 Å². The Morgan fingerprint density at radius 1 is 0.964 bits per heavy atom. The fourth-order valence-corrected chi connectivity index (χ4v) is 3.42. The van der Waals surface area contributed by atoms with Crippen molar-refractivity contribution in [1.82, 2.24) is 19.9 Å². The molecule has 0 aliphatic heterocycles. The number of nitrogens with one attached hydrogen (secondary N) is 2. The Balaban J connectivity index is 1.72. The molecule has 0 aliphatic carbocycles. The summed E-state index contributed by atoms with van der Waals surface area (Å²) in [7, 11) is 0. The van der Waals surface area contributed by atoms with E-state index in [0.717, 1.165) is 41.1 Å². The minimum Gasteiger partial charge on any atom is -0.368 e. The van der Waals surface area contributed by atoms with Gasteiger partial charge in [0.2, 0.25) is 5.95 Å². The highest BCUT2D eigenvalue weighted by Gasteiger charge is 2.13. The highest BCUT2D eigenvalue weighted by molar-refractivity contribution is 5.92. The summed E-state index contributed by atoms with van der Waals surface area (Å²) < 4.78 is 0. The van der Waals surface area contributed by atoms with Crippen molar-refractivity contribution in [3.05, 3.63) is 48.3 Å². The van der Waals surface area contributed by atoms with Crippen LogP contribution in [0.25, 0.3) is 10.8 Å². The van der Waals surface area contributed by atoms with Crippen LogP contribution in [0.2, 0.25) is 0 Å². The van der Waals surface area contributed by atoms with Crippen LogP contribution >= 0.6 is 0 Å². The van der Waals surface area contributed by atoms with Gasteiger partial charge < -0.3 is 10.6 Å². The number of pyridine rings is 1. The number of rotatable bonds is 8. The van der Waals surface area contributed by atoms with Crippen LogP contribution in [0.1, 0.15) is 33.3 Å². The maximum absolute atomic E-state index is 4.67. The van der Waals surface area contributed by atoms with Gasteiger partial charge in [-0.1, -0.05) is 24.3 Å². The maximum atomic E-state index is 4.67. The molecule has 6 nitrogen and oxygen atoms in total. The number of anilines is 3. The Morgan fingerprint density at radius 3 is 2.46 bits per heavy atom. The second-order valence-electron chi connectivity index (χ2n) is 7.58. The first-order valence-electron chi connectivity index (χ1n) is 9.89. The molecule has 3 rings (SSSR count). The molecule has 0 spiro atoms. The number of hydrogen-bond donors (Lipinski definition) is 2. The van der Waals surface area contributed by atoms with Crippen molar-refractivity contribution in [1.29, 1.82) is 0 Å². The van der Waals surface area contributed by atoms with Crippen LogP contribution in [0.3, 0.4) is 0 Å². The van der Waals surface area contributed by atoms with Crippen LogP contribution in [-0.2, 0) is 0 Å². The molecular weight excluding hydrogens is 348 g/mol. The molecule has 2 aromatic heterocycles. The summed E-state index contributed by atoms with van der Waals surface area (Å²) in [6, 6.07) is 11.2. The van der Waals surface area contributed by atoms with Gasteiger partial charge in [-0.05, 0) is 46.1 Å². The maximum Gasteiger partial charge on any atom is 0.230 e. The minimum absolute atomic E-state index is 0.517. The predicted octanol–water partition coefficient (Wildman–Crippen LogP) is 4.61. The van der Waals surface area contributed by atoms with E-state index < -0.39 is 0 Å². The summed E-state index contributed by atoms with van der Waals surface area (Å²) in [4.78, 5) is 16.0. The van der Waals surface area contributed by atoms with Crippen molar-refractivity contribution in [2.75, 3.05) is 23.7 Å². The predicted molar refractivity (Wildman–Crippen MR) is 117 cm³/mol. The zero-order valence-corrected chi connectivity index (χ0v) is 17.4. The van der Waals surface area contributed by atoms with Crippen molar-refractivity contribution in [3.8, 4) is 0 Å². The van der Waals surface area contributed by atoms with Crippen LogP contribution in [0.4, 0.5) is 17.6 Å².